The zero-order chi connectivity index (χ0) is 20.7. The number of H-pyrrole nitrogens is 1. The molecule has 3 aromatic heterocycles. The average molecular weight is 408 g/mol. The van der Waals surface area contributed by atoms with Crippen molar-refractivity contribution in [3.63, 3.8) is 0 Å². The van der Waals surface area contributed by atoms with E-state index in [2.05, 4.69) is 20.2 Å². The second-order valence-electron chi connectivity index (χ2n) is 7.35. The van der Waals surface area contributed by atoms with Gasteiger partial charge in [0.05, 0.1) is 11.9 Å². The lowest BCUT2D eigenvalue weighted by atomic mass is 10.1. The summed E-state index contributed by atoms with van der Waals surface area (Å²) in [5.41, 5.74) is 3.84. The van der Waals surface area contributed by atoms with Gasteiger partial charge >= 0.3 is 0 Å². The smallest absolute Gasteiger partial charge is 0.254 e. The molecule has 0 bridgehead atoms. The number of pyridine rings is 1. The van der Waals surface area contributed by atoms with Crippen molar-refractivity contribution in [2.24, 2.45) is 0 Å². The number of nitrogens with zero attached hydrogens (tertiary/aromatic N) is 5. The van der Waals surface area contributed by atoms with Crippen LogP contribution in [0.3, 0.4) is 0 Å². The van der Waals surface area contributed by atoms with Crippen LogP contribution in [0.15, 0.2) is 55.1 Å². The van der Waals surface area contributed by atoms with Crippen LogP contribution >= 0.6 is 0 Å². The van der Waals surface area contributed by atoms with Gasteiger partial charge in [-0.25, -0.2) is 18.7 Å². The maximum absolute atomic E-state index is 13.4. The van der Waals surface area contributed by atoms with Crippen molar-refractivity contribution in [2.45, 2.75) is 18.8 Å². The summed E-state index contributed by atoms with van der Waals surface area (Å²) in [7, 11) is 0. The van der Waals surface area contributed by atoms with Crippen LogP contribution in [-0.4, -0.2) is 54.4 Å². The Morgan fingerprint density at radius 1 is 1.03 bits per heavy atom. The van der Waals surface area contributed by atoms with Crippen molar-refractivity contribution >= 4 is 11.6 Å². The summed E-state index contributed by atoms with van der Waals surface area (Å²) in [4.78, 5) is 22.8. The van der Waals surface area contributed by atoms with Crippen LogP contribution in [-0.2, 0) is 0 Å². The minimum absolute atomic E-state index is 0.0637. The Morgan fingerprint density at radius 2 is 1.77 bits per heavy atom. The van der Waals surface area contributed by atoms with E-state index < -0.39 is 5.92 Å². The van der Waals surface area contributed by atoms with E-state index in [1.807, 2.05) is 28.7 Å². The predicted molar refractivity (Wildman–Crippen MR) is 106 cm³/mol. The van der Waals surface area contributed by atoms with Gasteiger partial charge in [0.1, 0.15) is 12.0 Å². The standard InChI is InChI=1S/C21H18F2N6O/c22-21(23)6-9-28(10-7-21)20(30)16-5-8-29-17(12-24-18(29)11-16)14-1-3-15(4-2-14)19-25-13-26-27-19/h1-5,8,11-13H,6-7,9-10H2,(H,25,26,27). The number of hydrogen-bond donors (Lipinski definition) is 1. The largest absolute Gasteiger partial charge is 0.338 e. The summed E-state index contributed by atoms with van der Waals surface area (Å²) < 4.78 is 28.6. The monoisotopic (exact) mass is 408 g/mol. The molecule has 1 aromatic carbocycles. The third kappa shape index (κ3) is 3.32. The Morgan fingerprint density at radius 3 is 2.47 bits per heavy atom. The zero-order valence-corrected chi connectivity index (χ0v) is 15.9. The Kier molecular flexibility index (Phi) is 4.30. The van der Waals surface area contributed by atoms with Crippen LogP contribution in [0.5, 0.6) is 0 Å². The topological polar surface area (TPSA) is 79.2 Å². The van der Waals surface area contributed by atoms with E-state index >= 15 is 0 Å². The maximum Gasteiger partial charge on any atom is 0.254 e. The van der Waals surface area contributed by atoms with E-state index in [-0.39, 0.29) is 31.8 Å². The van der Waals surface area contributed by atoms with Crippen LogP contribution < -0.4 is 0 Å². The molecule has 9 heteroatoms. The van der Waals surface area contributed by atoms with Crippen LogP contribution in [0.4, 0.5) is 8.78 Å². The number of amides is 1. The number of halogens is 2. The number of alkyl halides is 2. The third-order valence-electron chi connectivity index (χ3n) is 5.41. The van der Waals surface area contributed by atoms with E-state index in [4.69, 9.17) is 0 Å². The molecule has 1 aliphatic rings. The van der Waals surface area contributed by atoms with Gasteiger partial charge in [-0.2, -0.15) is 5.10 Å². The summed E-state index contributed by atoms with van der Waals surface area (Å²) in [6.45, 7) is 0.127. The average Bonchev–Trinajstić information content (AvgIpc) is 3.43. The second-order valence-corrected chi connectivity index (χ2v) is 7.35. The lowest BCUT2D eigenvalue weighted by Crippen LogP contribution is -2.42. The number of aromatic amines is 1. The fourth-order valence-corrected chi connectivity index (χ4v) is 3.69. The number of aromatic nitrogens is 5. The molecule has 0 radical (unpaired) electrons. The van der Waals surface area contributed by atoms with Crippen molar-refractivity contribution in [2.75, 3.05) is 13.1 Å². The molecule has 0 saturated carbocycles. The third-order valence-corrected chi connectivity index (χ3v) is 5.41. The lowest BCUT2D eigenvalue weighted by molar-refractivity contribution is -0.0494. The van der Waals surface area contributed by atoms with Crippen molar-refractivity contribution < 1.29 is 13.6 Å². The van der Waals surface area contributed by atoms with Crippen molar-refractivity contribution in [3.8, 4) is 22.6 Å². The van der Waals surface area contributed by atoms with E-state index in [9.17, 15) is 13.6 Å². The lowest BCUT2D eigenvalue weighted by Gasteiger charge is -2.31. The highest BCUT2D eigenvalue weighted by atomic mass is 19.3. The van der Waals surface area contributed by atoms with Crippen molar-refractivity contribution in [3.05, 3.63) is 60.7 Å². The number of carbonyl (C=O) groups is 1. The maximum atomic E-state index is 13.4. The molecule has 1 fully saturated rings. The quantitative estimate of drug-likeness (QED) is 0.561. The highest BCUT2D eigenvalue weighted by molar-refractivity contribution is 5.95. The van der Waals surface area contributed by atoms with Crippen LogP contribution in [0.25, 0.3) is 28.3 Å². The number of rotatable bonds is 3. The molecule has 1 aliphatic heterocycles. The van der Waals surface area contributed by atoms with Crippen LogP contribution in [0.1, 0.15) is 23.2 Å². The minimum atomic E-state index is -2.68. The summed E-state index contributed by atoms with van der Waals surface area (Å²) in [6.07, 6.45) is 4.40. The molecule has 0 spiro atoms. The van der Waals surface area contributed by atoms with Crippen molar-refractivity contribution in [1.82, 2.24) is 29.5 Å². The predicted octanol–water partition coefficient (Wildman–Crippen LogP) is 3.66. The first kappa shape index (κ1) is 18.4. The van der Waals surface area contributed by atoms with Gasteiger partial charge in [0, 0.05) is 48.8 Å². The van der Waals surface area contributed by atoms with Gasteiger partial charge in [0.25, 0.3) is 11.8 Å². The van der Waals surface area contributed by atoms with Gasteiger partial charge in [-0.15, -0.1) is 0 Å². The van der Waals surface area contributed by atoms with Crippen LogP contribution in [0, 0.1) is 0 Å². The van der Waals surface area contributed by atoms with E-state index in [1.165, 1.54) is 11.2 Å². The number of imidazole rings is 1. The molecule has 0 aliphatic carbocycles. The van der Waals surface area contributed by atoms with E-state index in [1.54, 1.807) is 24.5 Å². The number of fused-ring (bicyclic) bond motifs is 1. The highest BCUT2D eigenvalue weighted by Gasteiger charge is 2.35. The molecule has 4 heterocycles. The Bertz CT molecular complexity index is 1190. The number of nitrogens with one attached hydrogen (secondary N) is 1. The minimum Gasteiger partial charge on any atom is -0.338 e. The normalized spacial score (nSPS) is 16.1. The Balaban J connectivity index is 1.39. The highest BCUT2D eigenvalue weighted by Crippen LogP contribution is 2.29. The number of hydrogen-bond acceptors (Lipinski definition) is 4. The summed E-state index contributed by atoms with van der Waals surface area (Å²) in [5.74, 6) is -2.23. The van der Waals surface area contributed by atoms with Gasteiger partial charge in [0.15, 0.2) is 5.82 Å². The van der Waals surface area contributed by atoms with Gasteiger partial charge in [-0.3, -0.25) is 14.3 Å². The molecule has 0 atom stereocenters. The van der Waals surface area contributed by atoms with Gasteiger partial charge in [-0.05, 0) is 12.1 Å². The summed E-state index contributed by atoms with van der Waals surface area (Å²) in [6, 6.07) is 11.2. The first-order valence-electron chi connectivity index (χ1n) is 9.61. The molecule has 0 unspecified atom stereocenters. The molecule has 4 aromatic rings. The molecule has 152 valence electrons. The van der Waals surface area contributed by atoms with Crippen molar-refractivity contribution in [1.29, 1.82) is 0 Å². The van der Waals surface area contributed by atoms with Gasteiger partial charge < -0.3 is 4.90 Å². The molecule has 1 saturated heterocycles. The molecule has 30 heavy (non-hydrogen) atoms. The second kappa shape index (κ2) is 7.01. The number of piperidine rings is 1. The Labute approximate surface area is 170 Å². The fourth-order valence-electron chi connectivity index (χ4n) is 3.69. The van der Waals surface area contributed by atoms with E-state index in [0.29, 0.717) is 17.0 Å². The number of likely N-dealkylation sites (tertiary alicyclic amines) is 1. The number of benzene rings is 1. The molecular formula is C21H18F2N6O. The fraction of sp³-hybridized carbons (Fsp3) is 0.238. The summed E-state index contributed by atoms with van der Waals surface area (Å²) >= 11 is 0. The van der Waals surface area contributed by atoms with Gasteiger partial charge in [-0.1, -0.05) is 24.3 Å². The first-order valence-corrected chi connectivity index (χ1v) is 9.61. The number of carbonyl (C=O) groups excluding carboxylic acids is 1. The van der Waals surface area contributed by atoms with E-state index in [0.717, 1.165) is 16.8 Å². The molecule has 7 nitrogen and oxygen atoms in total. The van der Waals surface area contributed by atoms with Gasteiger partial charge in [0.2, 0.25) is 0 Å². The summed E-state index contributed by atoms with van der Waals surface area (Å²) in [5, 5.41) is 6.69. The SMILES string of the molecule is O=C(c1ccn2c(-c3ccc(-c4ncn[nH]4)cc3)cnc2c1)N1CCC(F)(F)CC1. The molecule has 1 N–H and O–H groups in total. The Hall–Kier alpha value is -3.62. The molecule has 1 amide bonds. The molecule has 5 rings (SSSR count). The molecular weight excluding hydrogens is 390 g/mol. The zero-order valence-electron chi connectivity index (χ0n) is 15.9. The van der Waals surface area contributed by atoms with Crippen LogP contribution in [0.2, 0.25) is 0 Å². The first-order chi connectivity index (χ1) is 14.5.